The van der Waals surface area contributed by atoms with Gasteiger partial charge in [-0.25, -0.2) is 0 Å². The molecule has 4 heteroatoms. The highest BCUT2D eigenvalue weighted by molar-refractivity contribution is 5.79. The molecule has 2 amide bonds. The van der Waals surface area contributed by atoms with Crippen molar-refractivity contribution in [3.8, 4) is 0 Å². The lowest BCUT2D eigenvalue weighted by atomic mass is 9.98. The van der Waals surface area contributed by atoms with Crippen molar-refractivity contribution in [2.75, 3.05) is 14.1 Å². The van der Waals surface area contributed by atoms with Gasteiger partial charge in [-0.05, 0) is 5.92 Å². The molecule has 0 aliphatic rings. The molecular weight excluding hydrogens is 168 g/mol. The maximum atomic E-state index is 11.0. The molecule has 2 N–H and O–H groups in total. The third kappa shape index (κ3) is 5.22. The first-order valence-electron chi connectivity index (χ1n) is 4.55. The normalized spacial score (nSPS) is 9.85. The Kier molecular flexibility index (Phi) is 5.93. The van der Waals surface area contributed by atoms with Crippen molar-refractivity contribution < 1.29 is 9.59 Å². The number of carbonyl (C=O) groups excluding carboxylic acids is 2. The molecular formula is C9H18N2O2. The van der Waals surface area contributed by atoms with Gasteiger partial charge in [0.05, 0.1) is 0 Å². The second-order valence-electron chi connectivity index (χ2n) is 3.03. The van der Waals surface area contributed by atoms with Crippen molar-refractivity contribution >= 4 is 11.8 Å². The Balaban J connectivity index is 3.89. The Bertz CT molecular complexity index is 162. The van der Waals surface area contributed by atoms with Gasteiger partial charge in [0.2, 0.25) is 11.8 Å². The van der Waals surface area contributed by atoms with Crippen LogP contribution in [-0.4, -0.2) is 25.9 Å². The summed E-state index contributed by atoms with van der Waals surface area (Å²) < 4.78 is 0. The second-order valence-corrected chi connectivity index (χ2v) is 3.03. The minimum absolute atomic E-state index is 0.00393. The number of amides is 2. The van der Waals surface area contributed by atoms with E-state index in [-0.39, 0.29) is 17.7 Å². The smallest absolute Gasteiger partial charge is 0.220 e. The van der Waals surface area contributed by atoms with E-state index in [0.29, 0.717) is 12.8 Å². The maximum absolute atomic E-state index is 11.0. The van der Waals surface area contributed by atoms with E-state index in [1.807, 2.05) is 6.92 Å². The van der Waals surface area contributed by atoms with Crippen LogP contribution in [0.2, 0.25) is 0 Å². The fourth-order valence-corrected chi connectivity index (χ4v) is 1.09. The average molecular weight is 186 g/mol. The van der Waals surface area contributed by atoms with E-state index in [1.54, 1.807) is 14.1 Å². The van der Waals surface area contributed by atoms with Crippen molar-refractivity contribution in [2.45, 2.75) is 26.2 Å². The van der Waals surface area contributed by atoms with Crippen molar-refractivity contribution in [1.82, 2.24) is 10.6 Å². The van der Waals surface area contributed by atoms with Crippen LogP contribution in [0.4, 0.5) is 0 Å². The zero-order valence-electron chi connectivity index (χ0n) is 8.52. The lowest BCUT2D eigenvalue weighted by molar-refractivity contribution is -0.123. The lowest BCUT2D eigenvalue weighted by Gasteiger charge is -2.12. The molecule has 0 aromatic heterocycles. The van der Waals surface area contributed by atoms with E-state index in [2.05, 4.69) is 10.6 Å². The minimum atomic E-state index is -0.00393. The first-order valence-corrected chi connectivity index (χ1v) is 4.55. The van der Waals surface area contributed by atoms with Crippen molar-refractivity contribution in [2.24, 2.45) is 5.92 Å². The molecule has 0 aliphatic carbocycles. The summed E-state index contributed by atoms with van der Waals surface area (Å²) in [4.78, 5) is 22.0. The minimum Gasteiger partial charge on any atom is -0.359 e. The molecule has 0 aromatic carbocycles. The summed E-state index contributed by atoms with van der Waals surface area (Å²) >= 11 is 0. The zero-order chi connectivity index (χ0) is 10.3. The number of hydrogen-bond donors (Lipinski definition) is 2. The number of hydrogen-bond acceptors (Lipinski definition) is 2. The predicted octanol–water partition coefficient (Wildman–Crippen LogP) is 0.285. The number of nitrogens with one attached hydrogen (secondary N) is 2. The van der Waals surface area contributed by atoms with E-state index in [9.17, 15) is 9.59 Å². The van der Waals surface area contributed by atoms with Crippen LogP contribution >= 0.6 is 0 Å². The third-order valence-corrected chi connectivity index (χ3v) is 2.08. The third-order valence-electron chi connectivity index (χ3n) is 2.08. The Hall–Kier alpha value is -1.06. The van der Waals surface area contributed by atoms with Crippen LogP contribution in [0.5, 0.6) is 0 Å². The molecule has 76 valence electrons. The number of rotatable bonds is 5. The fourth-order valence-electron chi connectivity index (χ4n) is 1.09. The summed E-state index contributed by atoms with van der Waals surface area (Å²) in [6, 6.07) is 0. The Labute approximate surface area is 79.1 Å². The van der Waals surface area contributed by atoms with Gasteiger partial charge < -0.3 is 10.6 Å². The quantitative estimate of drug-likeness (QED) is 0.648. The number of carbonyl (C=O) groups is 2. The Morgan fingerprint density at radius 2 is 1.46 bits per heavy atom. The van der Waals surface area contributed by atoms with Crippen LogP contribution in [0.3, 0.4) is 0 Å². The van der Waals surface area contributed by atoms with Gasteiger partial charge in [0.1, 0.15) is 0 Å². The fraction of sp³-hybridized carbons (Fsp3) is 0.778. The van der Waals surface area contributed by atoms with Gasteiger partial charge in [0.15, 0.2) is 0 Å². The summed E-state index contributed by atoms with van der Waals surface area (Å²) in [6.07, 6.45) is 1.71. The molecule has 0 fully saturated rings. The molecule has 0 spiro atoms. The standard InChI is InChI=1S/C9H18N2O2/c1-4-7(5-8(12)10-2)6-9(13)11-3/h7H,4-6H2,1-3H3,(H,10,12)(H,11,13). The molecule has 0 bridgehead atoms. The molecule has 0 heterocycles. The molecule has 0 unspecified atom stereocenters. The predicted molar refractivity (Wildman–Crippen MR) is 51.1 cm³/mol. The van der Waals surface area contributed by atoms with Gasteiger partial charge >= 0.3 is 0 Å². The van der Waals surface area contributed by atoms with Crippen molar-refractivity contribution in [1.29, 1.82) is 0 Å². The van der Waals surface area contributed by atoms with E-state index in [4.69, 9.17) is 0 Å². The summed E-state index contributed by atoms with van der Waals surface area (Å²) in [5, 5.41) is 5.10. The average Bonchev–Trinajstić information content (AvgIpc) is 2.16. The van der Waals surface area contributed by atoms with Crippen LogP contribution < -0.4 is 10.6 Å². The van der Waals surface area contributed by atoms with E-state index < -0.39 is 0 Å². The summed E-state index contributed by atoms with van der Waals surface area (Å²) in [6.45, 7) is 1.98. The molecule has 0 aromatic rings. The van der Waals surface area contributed by atoms with Gasteiger partial charge in [0.25, 0.3) is 0 Å². The van der Waals surface area contributed by atoms with Crippen LogP contribution in [-0.2, 0) is 9.59 Å². The zero-order valence-corrected chi connectivity index (χ0v) is 8.52. The molecule has 0 rings (SSSR count). The van der Waals surface area contributed by atoms with Crippen molar-refractivity contribution in [3.05, 3.63) is 0 Å². The van der Waals surface area contributed by atoms with Gasteiger partial charge in [-0.1, -0.05) is 13.3 Å². The van der Waals surface area contributed by atoms with Gasteiger partial charge in [-0.15, -0.1) is 0 Å². The first-order chi connectivity index (χ1) is 6.13. The molecule has 0 atom stereocenters. The molecule has 0 saturated heterocycles. The lowest BCUT2D eigenvalue weighted by Crippen LogP contribution is -2.25. The first kappa shape index (κ1) is 11.9. The highest BCUT2D eigenvalue weighted by Gasteiger charge is 2.14. The van der Waals surface area contributed by atoms with Gasteiger partial charge in [-0.2, -0.15) is 0 Å². The summed E-state index contributed by atoms with van der Waals surface area (Å²) in [5.41, 5.74) is 0. The summed E-state index contributed by atoms with van der Waals surface area (Å²) in [5.74, 6) is 0.145. The largest absolute Gasteiger partial charge is 0.359 e. The van der Waals surface area contributed by atoms with Crippen LogP contribution in [0.15, 0.2) is 0 Å². The van der Waals surface area contributed by atoms with E-state index >= 15 is 0 Å². The van der Waals surface area contributed by atoms with Gasteiger partial charge in [0, 0.05) is 26.9 Å². The van der Waals surface area contributed by atoms with Crippen LogP contribution in [0.25, 0.3) is 0 Å². The topological polar surface area (TPSA) is 58.2 Å². The van der Waals surface area contributed by atoms with Crippen LogP contribution in [0.1, 0.15) is 26.2 Å². The molecule has 0 saturated carbocycles. The maximum Gasteiger partial charge on any atom is 0.220 e. The van der Waals surface area contributed by atoms with Crippen molar-refractivity contribution in [3.63, 3.8) is 0 Å². The second kappa shape index (κ2) is 6.46. The molecule has 0 radical (unpaired) electrons. The van der Waals surface area contributed by atoms with E-state index in [1.165, 1.54) is 0 Å². The summed E-state index contributed by atoms with van der Waals surface area (Å²) in [7, 11) is 3.21. The Morgan fingerprint density at radius 1 is 1.08 bits per heavy atom. The van der Waals surface area contributed by atoms with E-state index in [0.717, 1.165) is 6.42 Å². The monoisotopic (exact) mass is 186 g/mol. The highest BCUT2D eigenvalue weighted by atomic mass is 16.2. The van der Waals surface area contributed by atoms with Gasteiger partial charge in [-0.3, -0.25) is 9.59 Å². The van der Waals surface area contributed by atoms with Crippen LogP contribution in [0, 0.1) is 5.92 Å². The molecule has 4 nitrogen and oxygen atoms in total. The highest BCUT2D eigenvalue weighted by Crippen LogP contribution is 2.12. The molecule has 0 aliphatic heterocycles. The SMILES string of the molecule is CCC(CC(=O)NC)CC(=O)NC. The molecule has 13 heavy (non-hydrogen) atoms. The Morgan fingerprint density at radius 3 is 1.69 bits per heavy atom.